The van der Waals surface area contributed by atoms with Crippen LogP contribution in [0.2, 0.25) is 0 Å². The van der Waals surface area contributed by atoms with Crippen LogP contribution in [-0.4, -0.2) is 39.8 Å². The number of anilines is 1. The van der Waals surface area contributed by atoms with Gasteiger partial charge in [0.1, 0.15) is 6.54 Å². The van der Waals surface area contributed by atoms with Crippen molar-refractivity contribution < 1.29 is 22.8 Å². The first-order chi connectivity index (χ1) is 12.8. The molecule has 1 fully saturated rings. The molecule has 9 heteroatoms. The molecular formula is C18H15F3N4O2. The van der Waals surface area contributed by atoms with Gasteiger partial charge >= 0.3 is 6.18 Å². The second kappa shape index (κ2) is 6.04. The average molecular weight is 376 g/mol. The lowest BCUT2D eigenvalue weighted by molar-refractivity contribution is -0.137. The number of hydrogen-bond donors (Lipinski definition) is 1. The number of carbonyl (C=O) groups is 2. The second-order valence-corrected chi connectivity index (χ2v) is 6.82. The minimum atomic E-state index is -4.46. The summed E-state index contributed by atoms with van der Waals surface area (Å²) in [4.78, 5) is 34.1. The van der Waals surface area contributed by atoms with Gasteiger partial charge in [0.05, 0.1) is 5.56 Å². The summed E-state index contributed by atoms with van der Waals surface area (Å²) >= 11 is 0. The van der Waals surface area contributed by atoms with Gasteiger partial charge in [-0.15, -0.1) is 0 Å². The Kier molecular flexibility index (Phi) is 3.90. The number of benzene rings is 1. The van der Waals surface area contributed by atoms with Crippen molar-refractivity contribution in [1.82, 2.24) is 14.9 Å². The molecule has 27 heavy (non-hydrogen) atoms. The predicted molar refractivity (Wildman–Crippen MR) is 88.9 cm³/mol. The molecule has 1 aromatic heterocycles. The van der Waals surface area contributed by atoms with Crippen LogP contribution in [0.1, 0.15) is 34.3 Å². The van der Waals surface area contributed by atoms with Crippen molar-refractivity contribution >= 4 is 17.8 Å². The number of amides is 2. The smallest absolute Gasteiger partial charge is 0.328 e. The van der Waals surface area contributed by atoms with E-state index in [1.807, 2.05) is 0 Å². The van der Waals surface area contributed by atoms with E-state index in [9.17, 15) is 22.8 Å². The summed E-state index contributed by atoms with van der Waals surface area (Å²) in [5.41, 5.74) is -0.581. The Bertz CT molecular complexity index is 911. The van der Waals surface area contributed by atoms with Crippen molar-refractivity contribution in [3.63, 3.8) is 0 Å². The van der Waals surface area contributed by atoms with Crippen molar-refractivity contribution in [3.8, 4) is 0 Å². The van der Waals surface area contributed by atoms with Crippen LogP contribution < -0.4 is 5.32 Å². The highest BCUT2D eigenvalue weighted by Crippen LogP contribution is 2.53. The van der Waals surface area contributed by atoms with E-state index in [2.05, 4.69) is 15.3 Å². The van der Waals surface area contributed by atoms with Crippen molar-refractivity contribution in [1.29, 1.82) is 0 Å². The number of hydrogen-bond acceptors (Lipinski definition) is 4. The Morgan fingerprint density at radius 2 is 1.93 bits per heavy atom. The molecule has 1 N–H and O–H groups in total. The fourth-order valence-electron chi connectivity index (χ4n) is 3.45. The van der Waals surface area contributed by atoms with Gasteiger partial charge in [0, 0.05) is 29.9 Å². The first kappa shape index (κ1) is 17.4. The van der Waals surface area contributed by atoms with E-state index in [1.54, 1.807) is 6.07 Å². The Morgan fingerprint density at radius 1 is 1.22 bits per heavy atom. The molecule has 0 bridgehead atoms. The second-order valence-electron chi connectivity index (χ2n) is 6.82. The molecule has 0 radical (unpaired) electrons. The van der Waals surface area contributed by atoms with Gasteiger partial charge in [0.2, 0.25) is 11.9 Å². The zero-order valence-electron chi connectivity index (χ0n) is 14.1. The topological polar surface area (TPSA) is 75.2 Å². The van der Waals surface area contributed by atoms with Crippen molar-refractivity contribution in [2.45, 2.75) is 24.4 Å². The van der Waals surface area contributed by atoms with Gasteiger partial charge in [-0.2, -0.15) is 13.2 Å². The number of aromatic nitrogens is 2. The van der Waals surface area contributed by atoms with Crippen LogP contribution in [0.15, 0.2) is 36.7 Å². The van der Waals surface area contributed by atoms with Crippen LogP contribution >= 0.6 is 0 Å². The molecule has 0 unspecified atom stereocenters. The van der Waals surface area contributed by atoms with Gasteiger partial charge in [0.25, 0.3) is 5.91 Å². The van der Waals surface area contributed by atoms with Gasteiger partial charge in [-0.25, -0.2) is 9.97 Å². The summed E-state index contributed by atoms with van der Waals surface area (Å²) < 4.78 is 39.1. The molecule has 2 heterocycles. The number of nitrogens with zero attached hydrogens (tertiary/aromatic N) is 3. The highest BCUT2D eigenvalue weighted by molar-refractivity contribution is 6.01. The minimum Gasteiger partial charge on any atom is -0.328 e. The van der Waals surface area contributed by atoms with E-state index in [-0.39, 0.29) is 24.6 Å². The summed E-state index contributed by atoms with van der Waals surface area (Å²) in [6, 6.07) is 4.81. The van der Waals surface area contributed by atoms with Gasteiger partial charge in [-0.05, 0) is 42.7 Å². The zero-order chi connectivity index (χ0) is 19.2. The van der Waals surface area contributed by atoms with Crippen LogP contribution in [0.25, 0.3) is 0 Å². The van der Waals surface area contributed by atoms with Crippen molar-refractivity contribution in [2.24, 2.45) is 0 Å². The number of nitrogens with one attached hydrogen (secondary N) is 1. The number of carbonyl (C=O) groups excluding carboxylic acids is 2. The van der Waals surface area contributed by atoms with Crippen LogP contribution in [0.4, 0.5) is 19.1 Å². The summed E-state index contributed by atoms with van der Waals surface area (Å²) in [5.74, 6) is -0.774. The molecule has 0 atom stereocenters. The van der Waals surface area contributed by atoms with E-state index in [0.29, 0.717) is 18.4 Å². The summed E-state index contributed by atoms with van der Waals surface area (Å²) in [6.45, 7) is 0.0164. The quantitative estimate of drug-likeness (QED) is 0.894. The highest BCUT2D eigenvalue weighted by atomic mass is 19.4. The van der Waals surface area contributed by atoms with Gasteiger partial charge in [-0.3, -0.25) is 14.9 Å². The molecule has 2 aliphatic rings. The third-order valence-electron chi connectivity index (χ3n) is 4.93. The van der Waals surface area contributed by atoms with E-state index in [4.69, 9.17) is 0 Å². The Morgan fingerprint density at radius 3 is 2.56 bits per heavy atom. The van der Waals surface area contributed by atoms with Gasteiger partial charge < -0.3 is 4.90 Å². The normalized spacial score (nSPS) is 17.6. The molecule has 0 saturated heterocycles. The summed E-state index contributed by atoms with van der Waals surface area (Å²) in [7, 11) is 0. The fraction of sp³-hybridized carbons (Fsp3) is 0.333. The summed E-state index contributed by atoms with van der Waals surface area (Å²) in [6.07, 6.45) is -0.130. The van der Waals surface area contributed by atoms with Crippen LogP contribution in [-0.2, 0) is 16.4 Å². The fourth-order valence-corrected chi connectivity index (χ4v) is 3.45. The molecular weight excluding hydrogens is 361 g/mol. The number of rotatable bonds is 3. The molecule has 2 amide bonds. The molecule has 1 spiro atoms. The molecule has 1 aliphatic heterocycles. The van der Waals surface area contributed by atoms with Crippen LogP contribution in [0.5, 0.6) is 0 Å². The van der Waals surface area contributed by atoms with Crippen molar-refractivity contribution in [3.05, 3.63) is 53.3 Å². The van der Waals surface area contributed by atoms with E-state index in [0.717, 1.165) is 12.1 Å². The van der Waals surface area contributed by atoms with Crippen LogP contribution in [0.3, 0.4) is 0 Å². The largest absolute Gasteiger partial charge is 0.416 e. The molecule has 1 saturated carbocycles. The monoisotopic (exact) mass is 376 g/mol. The van der Waals surface area contributed by atoms with E-state index >= 15 is 0 Å². The molecule has 4 rings (SSSR count). The molecule has 140 valence electrons. The first-order valence-electron chi connectivity index (χ1n) is 8.36. The third kappa shape index (κ3) is 3.24. The standard InChI is InChI=1S/C18H15F3N4O2/c19-18(20,21)11-2-3-12-13(8-11)17(4-5-17)10-25(15(12)27)9-14(26)24-16-22-6-1-7-23-16/h1-3,6-8H,4-5,9-10H2,(H,22,23,24,26). The number of alkyl halides is 3. The number of fused-ring (bicyclic) bond motifs is 2. The molecule has 2 aromatic rings. The SMILES string of the molecule is O=C(CN1CC2(CC2)c2cc(C(F)(F)F)ccc2C1=O)Nc1ncccn1. The lowest BCUT2D eigenvalue weighted by Gasteiger charge is -2.34. The maximum absolute atomic E-state index is 13.0. The highest BCUT2D eigenvalue weighted by Gasteiger charge is 2.52. The van der Waals surface area contributed by atoms with Crippen molar-refractivity contribution in [2.75, 3.05) is 18.4 Å². The van der Waals surface area contributed by atoms with E-state index in [1.165, 1.54) is 23.4 Å². The van der Waals surface area contributed by atoms with E-state index < -0.39 is 29.0 Å². The zero-order valence-corrected chi connectivity index (χ0v) is 14.1. The maximum atomic E-state index is 13.0. The molecule has 1 aromatic carbocycles. The number of halogens is 3. The first-order valence-corrected chi connectivity index (χ1v) is 8.36. The summed E-state index contributed by atoms with van der Waals surface area (Å²) in [5, 5.41) is 2.51. The van der Waals surface area contributed by atoms with Gasteiger partial charge in [-0.1, -0.05) is 0 Å². The average Bonchev–Trinajstić information content (AvgIpc) is 3.39. The predicted octanol–water partition coefficient (Wildman–Crippen LogP) is 2.62. The Balaban J connectivity index is 1.56. The Labute approximate surface area is 152 Å². The lowest BCUT2D eigenvalue weighted by Crippen LogP contribution is -2.47. The molecule has 1 aliphatic carbocycles. The van der Waals surface area contributed by atoms with Gasteiger partial charge in [0.15, 0.2) is 0 Å². The lowest BCUT2D eigenvalue weighted by atomic mass is 9.85. The molecule has 6 nitrogen and oxygen atoms in total. The maximum Gasteiger partial charge on any atom is 0.416 e. The minimum absolute atomic E-state index is 0.128. The Hall–Kier alpha value is -2.97. The third-order valence-corrected chi connectivity index (χ3v) is 4.93. The van der Waals surface area contributed by atoms with Crippen LogP contribution in [0, 0.1) is 0 Å².